The Morgan fingerprint density at radius 2 is 1.88 bits per heavy atom. The summed E-state index contributed by atoms with van der Waals surface area (Å²) in [7, 11) is 1.69. The molecule has 4 nitrogen and oxygen atoms in total. The number of methoxy groups -OCH3 is 1. The summed E-state index contributed by atoms with van der Waals surface area (Å²) < 4.78 is 16.0. The van der Waals surface area contributed by atoms with Crippen LogP contribution in [0, 0.1) is 0 Å². The molecule has 1 rings (SSSR count). The fourth-order valence-corrected chi connectivity index (χ4v) is 2.04. The van der Waals surface area contributed by atoms with Gasteiger partial charge in [-0.1, -0.05) is 0 Å². The van der Waals surface area contributed by atoms with Gasteiger partial charge in [-0.2, -0.15) is 0 Å². The van der Waals surface area contributed by atoms with Gasteiger partial charge in [-0.15, -0.1) is 11.6 Å². The van der Waals surface area contributed by atoms with Gasteiger partial charge in [0.2, 0.25) is 0 Å². The lowest BCUT2D eigenvalue weighted by Gasteiger charge is -2.31. The lowest BCUT2D eigenvalue weighted by atomic mass is 10.1. The molecule has 0 aromatic heterocycles. The molecule has 1 aliphatic rings. The maximum atomic E-state index is 5.63. The number of hydrogen-bond acceptors (Lipinski definition) is 4. The molecule has 0 bridgehead atoms. The number of piperidine rings is 1. The molecule has 0 radical (unpaired) electrons. The molecule has 17 heavy (non-hydrogen) atoms. The van der Waals surface area contributed by atoms with Gasteiger partial charge in [0.1, 0.15) is 0 Å². The lowest BCUT2D eigenvalue weighted by Crippen LogP contribution is -2.39. The fourth-order valence-electron chi connectivity index (χ4n) is 1.95. The van der Waals surface area contributed by atoms with Gasteiger partial charge >= 0.3 is 0 Å². The molecular weight excluding hydrogens is 242 g/mol. The standard InChI is InChI=1S/C12H24ClNO3/c1-15-10-11-16-9-7-14-5-2-12(3-6-14)17-8-4-13/h12H,2-11H2,1H3. The predicted molar refractivity (Wildman–Crippen MR) is 68.8 cm³/mol. The van der Waals surface area contributed by atoms with Crippen molar-refractivity contribution < 1.29 is 14.2 Å². The van der Waals surface area contributed by atoms with E-state index in [-0.39, 0.29) is 0 Å². The average molecular weight is 266 g/mol. The first-order valence-corrected chi connectivity index (χ1v) is 6.87. The Bertz CT molecular complexity index is 172. The van der Waals surface area contributed by atoms with E-state index in [0.717, 1.165) is 39.1 Å². The van der Waals surface area contributed by atoms with Crippen LogP contribution in [0.2, 0.25) is 0 Å². The SMILES string of the molecule is COCCOCCN1CCC(OCCCl)CC1. The van der Waals surface area contributed by atoms with E-state index >= 15 is 0 Å². The predicted octanol–water partition coefficient (Wildman–Crippen LogP) is 1.37. The summed E-state index contributed by atoms with van der Waals surface area (Å²) in [6.45, 7) is 6.02. The van der Waals surface area contributed by atoms with Crippen molar-refractivity contribution in [3.05, 3.63) is 0 Å². The first-order chi connectivity index (χ1) is 8.36. The molecule has 0 aliphatic carbocycles. The molecular formula is C12H24ClNO3. The van der Waals surface area contributed by atoms with Crippen LogP contribution >= 0.6 is 11.6 Å². The zero-order valence-electron chi connectivity index (χ0n) is 10.7. The second-order valence-corrected chi connectivity index (χ2v) is 4.58. The van der Waals surface area contributed by atoms with Gasteiger partial charge < -0.3 is 19.1 Å². The van der Waals surface area contributed by atoms with Gasteiger partial charge in [-0.05, 0) is 12.8 Å². The van der Waals surface area contributed by atoms with Crippen molar-refractivity contribution in [1.29, 1.82) is 0 Å². The summed E-state index contributed by atoms with van der Waals surface area (Å²) in [5, 5.41) is 0. The Labute approximate surface area is 109 Å². The summed E-state index contributed by atoms with van der Waals surface area (Å²) in [5.41, 5.74) is 0. The summed E-state index contributed by atoms with van der Waals surface area (Å²) in [5.74, 6) is 0.591. The van der Waals surface area contributed by atoms with Crippen LogP contribution in [-0.4, -0.2) is 70.1 Å². The number of likely N-dealkylation sites (tertiary alicyclic amines) is 1. The molecule has 1 saturated heterocycles. The molecule has 0 saturated carbocycles. The van der Waals surface area contributed by atoms with Crippen LogP contribution in [0.5, 0.6) is 0 Å². The van der Waals surface area contributed by atoms with Crippen LogP contribution in [0.15, 0.2) is 0 Å². The first kappa shape index (κ1) is 15.2. The highest BCUT2D eigenvalue weighted by atomic mass is 35.5. The topological polar surface area (TPSA) is 30.9 Å². The van der Waals surface area contributed by atoms with E-state index in [0.29, 0.717) is 31.8 Å². The monoisotopic (exact) mass is 265 g/mol. The first-order valence-electron chi connectivity index (χ1n) is 6.33. The third-order valence-corrected chi connectivity index (χ3v) is 3.10. The number of rotatable bonds is 9. The zero-order chi connectivity index (χ0) is 12.3. The molecule has 0 unspecified atom stereocenters. The average Bonchev–Trinajstić information content (AvgIpc) is 2.37. The highest BCUT2D eigenvalue weighted by Gasteiger charge is 2.18. The van der Waals surface area contributed by atoms with Gasteiger partial charge in [0.05, 0.1) is 32.5 Å². The molecule has 102 valence electrons. The van der Waals surface area contributed by atoms with Crippen LogP contribution in [-0.2, 0) is 14.2 Å². The van der Waals surface area contributed by atoms with E-state index in [1.807, 2.05) is 0 Å². The van der Waals surface area contributed by atoms with Gasteiger partial charge in [0, 0.05) is 32.6 Å². The van der Waals surface area contributed by atoms with Crippen LogP contribution in [0.3, 0.4) is 0 Å². The molecule has 0 aromatic rings. The van der Waals surface area contributed by atoms with Crippen molar-refractivity contribution in [3.63, 3.8) is 0 Å². The Hall–Kier alpha value is 0.130. The zero-order valence-corrected chi connectivity index (χ0v) is 11.5. The van der Waals surface area contributed by atoms with Crippen molar-refractivity contribution in [1.82, 2.24) is 4.90 Å². The Kier molecular flexibility index (Phi) is 9.01. The summed E-state index contributed by atoms with van der Waals surface area (Å²) >= 11 is 5.60. The third-order valence-electron chi connectivity index (χ3n) is 2.95. The van der Waals surface area contributed by atoms with Crippen molar-refractivity contribution in [2.24, 2.45) is 0 Å². The van der Waals surface area contributed by atoms with E-state index in [1.165, 1.54) is 0 Å². The molecule has 1 fully saturated rings. The Morgan fingerprint density at radius 1 is 1.12 bits per heavy atom. The van der Waals surface area contributed by atoms with E-state index in [2.05, 4.69) is 4.90 Å². The van der Waals surface area contributed by atoms with Gasteiger partial charge in [0.15, 0.2) is 0 Å². The van der Waals surface area contributed by atoms with Crippen LogP contribution in [0.4, 0.5) is 0 Å². The maximum Gasteiger partial charge on any atom is 0.0700 e. The molecule has 0 atom stereocenters. The van der Waals surface area contributed by atoms with E-state index in [1.54, 1.807) is 7.11 Å². The van der Waals surface area contributed by atoms with Crippen LogP contribution in [0.1, 0.15) is 12.8 Å². The summed E-state index contributed by atoms with van der Waals surface area (Å²) in [6.07, 6.45) is 2.61. The van der Waals surface area contributed by atoms with Crippen molar-refractivity contribution in [3.8, 4) is 0 Å². The second-order valence-electron chi connectivity index (χ2n) is 4.21. The quantitative estimate of drug-likeness (QED) is 0.465. The highest BCUT2D eigenvalue weighted by Crippen LogP contribution is 2.13. The summed E-state index contributed by atoms with van der Waals surface area (Å²) in [6, 6.07) is 0. The van der Waals surface area contributed by atoms with Gasteiger partial charge in [-0.25, -0.2) is 0 Å². The molecule has 1 heterocycles. The lowest BCUT2D eigenvalue weighted by molar-refractivity contribution is 0.00424. The van der Waals surface area contributed by atoms with Crippen molar-refractivity contribution in [2.45, 2.75) is 18.9 Å². The molecule has 0 aromatic carbocycles. The largest absolute Gasteiger partial charge is 0.382 e. The Morgan fingerprint density at radius 3 is 2.53 bits per heavy atom. The van der Waals surface area contributed by atoms with Crippen molar-refractivity contribution in [2.75, 3.05) is 59.1 Å². The number of nitrogens with zero attached hydrogens (tertiary/aromatic N) is 1. The number of ether oxygens (including phenoxy) is 3. The van der Waals surface area contributed by atoms with E-state index < -0.39 is 0 Å². The van der Waals surface area contributed by atoms with Crippen LogP contribution in [0.25, 0.3) is 0 Å². The summed E-state index contributed by atoms with van der Waals surface area (Å²) in [4.78, 5) is 2.42. The molecule has 0 spiro atoms. The van der Waals surface area contributed by atoms with Crippen molar-refractivity contribution >= 4 is 11.6 Å². The molecule has 5 heteroatoms. The number of alkyl halides is 1. The normalized spacial score (nSPS) is 18.7. The fraction of sp³-hybridized carbons (Fsp3) is 1.00. The molecule has 1 aliphatic heterocycles. The smallest absolute Gasteiger partial charge is 0.0700 e. The highest BCUT2D eigenvalue weighted by molar-refractivity contribution is 6.17. The Balaban J connectivity index is 1.95. The van der Waals surface area contributed by atoms with Crippen LogP contribution < -0.4 is 0 Å². The number of hydrogen-bond donors (Lipinski definition) is 0. The minimum absolute atomic E-state index is 0.402. The van der Waals surface area contributed by atoms with Gasteiger partial charge in [0.25, 0.3) is 0 Å². The van der Waals surface area contributed by atoms with E-state index in [9.17, 15) is 0 Å². The van der Waals surface area contributed by atoms with E-state index in [4.69, 9.17) is 25.8 Å². The molecule has 0 amide bonds. The third kappa shape index (κ3) is 7.21. The second kappa shape index (κ2) is 10.1. The van der Waals surface area contributed by atoms with Gasteiger partial charge in [-0.3, -0.25) is 0 Å². The number of halogens is 1. The minimum atomic E-state index is 0.402. The maximum absolute atomic E-state index is 5.63. The molecule has 0 N–H and O–H groups in total. The minimum Gasteiger partial charge on any atom is -0.382 e.